The molecule has 106 valence electrons. The Morgan fingerprint density at radius 3 is 2.89 bits per heavy atom. The van der Waals surface area contributed by atoms with E-state index in [2.05, 4.69) is 40.7 Å². The fraction of sp³-hybridized carbons (Fsp3) is 0.571. The molecule has 5 heteroatoms. The Hall–Kier alpha value is 0.260. The molecule has 1 saturated heterocycles. The molecule has 0 amide bonds. The molecule has 19 heavy (non-hydrogen) atoms. The Bertz CT molecular complexity index is 443. The van der Waals surface area contributed by atoms with Gasteiger partial charge in [-0.05, 0) is 24.6 Å². The first-order valence-electron chi connectivity index (χ1n) is 6.57. The summed E-state index contributed by atoms with van der Waals surface area (Å²) in [6.45, 7) is 6.31. The van der Waals surface area contributed by atoms with Gasteiger partial charge in [-0.3, -0.25) is 4.90 Å². The summed E-state index contributed by atoms with van der Waals surface area (Å²) in [4.78, 5) is 2.52. The summed E-state index contributed by atoms with van der Waals surface area (Å²) in [5, 5.41) is 1.40. The van der Waals surface area contributed by atoms with Crippen LogP contribution >= 0.6 is 39.3 Å². The van der Waals surface area contributed by atoms with Gasteiger partial charge in [0.05, 0.1) is 0 Å². The van der Waals surface area contributed by atoms with Crippen molar-refractivity contribution in [3.8, 4) is 0 Å². The van der Waals surface area contributed by atoms with Crippen LogP contribution in [0.15, 0.2) is 22.7 Å². The average molecular weight is 364 g/mol. The Morgan fingerprint density at radius 2 is 2.26 bits per heavy atom. The van der Waals surface area contributed by atoms with Crippen molar-refractivity contribution in [3.05, 3.63) is 33.3 Å². The van der Waals surface area contributed by atoms with Crippen molar-refractivity contribution in [1.82, 2.24) is 4.90 Å². The topological polar surface area (TPSA) is 29.3 Å². The van der Waals surface area contributed by atoms with Gasteiger partial charge in [0, 0.05) is 45.7 Å². The molecule has 1 aliphatic heterocycles. The Morgan fingerprint density at radius 1 is 1.53 bits per heavy atom. The van der Waals surface area contributed by atoms with Crippen LogP contribution in [-0.4, -0.2) is 35.0 Å². The molecule has 1 aliphatic rings. The van der Waals surface area contributed by atoms with Crippen LogP contribution in [0, 0.1) is 0 Å². The lowest BCUT2D eigenvalue weighted by Crippen LogP contribution is -2.48. The lowest BCUT2D eigenvalue weighted by Gasteiger charge is -2.42. The molecule has 0 radical (unpaired) electrons. The second-order valence-electron chi connectivity index (χ2n) is 4.97. The van der Waals surface area contributed by atoms with Gasteiger partial charge in [-0.25, -0.2) is 0 Å². The minimum absolute atomic E-state index is 0.255. The van der Waals surface area contributed by atoms with E-state index in [-0.39, 0.29) is 6.04 Å². The largest absolute Gasteiger partial charge is 0.329 e. The molecule has 2 nitrogen and oxygen atoms in total. The fourth-order valence-corrected chi connectivity index (χ4v) is 4.68. The monoisotopic (exact) mass is 362 g/mol. The van der Waals surface area contributed by atoms with E-state index in [0.717, 1.165) is 16.0 Å². The van der Waals surface area contributed by atoms with Gasteiger partial charge in [0.15, 0.2) is 0 Å². The van der Waals surface area contributed by atoms with E-state index >= 15 is 0 Å². The van der Waals surface area contributed by atoms with Crippen LogP contribution in [0.5, 0.6) is 0 Å². The van der Waals surface area contributed by atoms with Gasteiger partial charge in [0.2, 0.25) is 0 Å². The number of hydrogen-bond donors (Lipinski definition) is 1. The van der Waals surface area contributed by atoms with Crippen molar-refractivity contribution in [2.24, 2.45) is 5.73 Å². The van der Waals surface area contributed by atoms with Gasteiger partial charge in [-0.2, -0.15) is 11.8 Å². The molecule has 2 N–H and O–H groups in total. The van der Waals surface area contributed by atoms with Crippen LogP contribution in [0.2, 0.25) is 5.02 Å². The van der Waals surface area contributed by atoms with Gasteiger partial charge < -0.3 is 5.73 Å². The second kappa shape index (κ2) is 6.81. The number of hydrogen-bond acceptors (Lipinski definition) is 3. The highest BCUT2D eigenvalue weighted by Gasteiger charge is 2.31. The first-order chi connectivity index (χ1) is 9.04. The van der Waals surface area contributed by atoms with Gasteiger partial charge in [0.1, 0.15) is 0 Å². The molecule has 1 aromatic carbocycles. The Balaban J connectivity index is 2.28. The van der Waals surface area contributed by atoms with Crippen LogP contribution in [0.25, 0.3) is 0 Å². The third kappa shape index (κ3) is 3.48. The van der Waals surface area contributed by atoms with Crippen molar-refractivity contribution in [1.29, 1.82) is 0 Å². The number of benzene rings is 1. The van der Waals surface area contributed by atoms with Crippen LogP contribution in [-0.2, 0) is 0 Å². The molecule has 0 spiro atoms. The van der Waals surface area contributed by atoms with Crippen LogP contribution in [0.4, 0.5) is 0 Å². The molecule has 0 bridgehead atoms. The maximum absolute atomic E-state index is 6.05. The van der Waals surface area contributed by atoms with Crippen molar-refractivity contribution in [2.75, 3.05) is 18.8 Å². The SMILES string of the molecule is CC1SCCN(C(CN)c2ccc(Cl)cc2Br)C1C. The molecule has 3 unspecified atom stereocenters. The summed E-state index contributed by atoms with van der Waals surface area (Å²) in [6, 6.07) is 6.77. The smallest absolute Gasteiger partial charge is 0.0485 e. The molecule has 1 heterocycles. The van der Waals surface area contributed by atoms with E-state index < -0.39 is 0 Å². The zero-order valence-electron chi connectivity index (χ0n) is 11.3. The highest BCUT2D eigenvalue weighted by Crippen LogP contribution is 2.35. The molecule has 2 rings (SSSR count). The van der Waals surface area contributed by atoms with Gasteiger partial charge >= 0.3 is 0 Å². The number of halogens is 2. The third-order valence-corrected chi connectivity index (χ3v) is 6.14. The van der Waals surface area contributed by atoms with E-state index in [1.54, 1.807) is 0 Å². The average Bonchev–Trinajstić information content (AvgIpc) is 2.37. The van der Waals surface area contributed by atoms with Crippen molar-refractivity contribution < 1.29 is 0 Å². The van der Waals surface area contributed by atoms with Gasteiger partial charge in [-0.15, -0.1) is 0 Å². The minimum Gasteiger partial charge on any atom is -0.329 e. The fourth-order valence-electron chi connectivity index (χ4n) is 2.61. The van der Waals surface area contributed by atoms with Crippen molar-refractivity contribution >= 4 is 39.3 Å². The molecule has 0 aliphatic carbocycles. The maximum atomic E-state index is 6.05. The van der Waals surface area contributed by atoms with Crippen molar-refractivity contribution in [3.63, 3.8) is 0 Å². The second-order valence-corrected chi connectivity index (χ2v) is 7.75. The summed E-state index contributed by atoms with van der Waals surface area (Å²) >= 11 is 11.7. The lowest BCUT2D eigenvalue weighted by molar-refractivity contribution is 0.150. The summed E-state index contributed by atoms with van der Waals surface area (Å²) in [7, 11) is 0. The summed E-state index contributed by atoms with van der Waals surface area (Å²) in [5.41, 5.74) is 7.28. The summed E-state index contributed by atoms with van der Waals surface area (Å²) in [5.74, 6) is 1.17. The number of thioether (sulfide) groups is 1. The predicted octanol–water partition coefficient (Wildman–Crippen LogP) is 3.93. The first kappa shape index (κ1) is 15.6. The van der Waals surface area contributed by atoms with Crippen LogP contribution < -0.4 is 5.73 Å². The quantitative estimate of drug-likeness (QED) is 0.882. The highest BCUT2D eigenvalue weighted by atomic mass is 79.9. The lowest BCUT2D eigenvalue weighted by atomic mass is 10.0. The van der Waals surface area contributed by atoms with E-state index in [1.807, 2.05) is 23.9 Å². The standard InChI is InChI=1S/C14H20BrClN2S/c1-9-10(2)19-6-5-18(9)14(8-17)12-4-3-11(16)7-13(12)15/h3-4,7,9-10,14H,5-6,8,17H2,1-2H3. The molecule has 1 fully saturated rings. The van der Waals surface area contributed by atoms with E-state index in [1.165, 1.54) is 11.3 Å². The van der Waals surface area contributed by atoms with Crippen LogP contribution in [0.3, 0.4) is 0 Å². The summed E-state index contributed by atoms with van der Waals surface area (Å²) in [6.07, 6.45) is 0. The zero-order valence-corrected chi connectivity index (χ0v) is 14.4. The summed E-state index contributed by atoms with van der Waals surface area (Å²) < 4.78 is 1.05. The van der Waals surface area contributed by atoms with E-state index in [4.69, 9.17) is 17.3 Å². The maximum Gasteiger partial charge on any atom is 0.0485 e. The van der Waals surface area contributed by atoms with E-state index in [0.29, 0.717) is 17.8 Å². The third-order valence-electron chi connectivity index (χ3n) is 3.88. The number of rotatable bonds is 3. The molecule has 1 aromatic rings. The Labute approximate surface area is 133 Å². The van der Waals surface area contributed by atoms with Crippen LogP contribution in [0.1, 0.15) is 25.5 Å². The molecular weight excluding hydrogens is 344 g/mol. The van der Waals surface area contributed by atoms with E-state index in [9.17, 15) is 0 Å². The highest BCUT2D eigenvalue weighted by molar-refractivity contribution is 9.10. The molecule has 0 saturated carbocycles. The zero-order chi connectivity index (χ0) is 14.0. The normalized spacial score (nSPS) is 26.4. The molecule has 3 atom stereocenters. The molecule has 0 aromatic heterocycles. The van der Waals surface area contributed by atoms with Gasteiger partial charge in [-0.1, -0.05) is 40.5 Å². The number of nitrogens with two attached hydrogens (primary N) is 1. The predicted molar refractivity (Wildman–Crippen MR) is 89.0 cm³/mol. The minimum atomic E-state index is 0.255. The van der Waals surface area contributed by atoms with Gasteiger partial charge in [0.25, 0.3) is 0 Å². The molecular formula is C14H20BrClN2S. The van der Waals surface area contributed by atoms with Crippen molar-refractivity contribution in [2.45, 2.75) is 31.2 Å². The Kier molecular flexibility index (Phi) is 5.61. The number of nitrogens with zero attached hydrogens (tertiary/aromatic N) is 1. The first-order valence-corrected chi connectivity index (χ1v) is 8.79.